The second-order valence-electron chi connectivity index (χ2n) is 7.75. The molecule has 148 valence electrons. The molecule has 0 bridgehead atoms. The molecule has 1 aliphatic rings. The Morgan fingerprint density at radius 1 is 1.04 bits per heavy atom. The maximum absolute atomic E-state index is 12.3. The summed E-state index contributed by atoms with van der Waals surface area (Å²) in [6.07, 6.45) is 1.66. The van der Waals surface area contributed by atoms with Crippen molar-refractivity contribution in [3.63, 3.8) is 0 Å². The summed E-state index contributed by atoms with van der Waals surface area (Å²) in [5, 5.41) is 0. The minimum Gasteiger partial charge on any atom is -0.444 e. The second-order valence-corrected chi connectivity index (χ2v) is 8.66. The smallest absolute Gasteiger partial charge is 0.410 e. The third kappa shape index (κ3) is 5.58. The molecule has 0 aliphatic carbocycles. The van der Waals surface area contributed by atoms with Gasteiger partial charge >= 0.3 is 6.09 Å². The molecule has 0 saturated carbocycles. The zero-order valence-electron chi connectivity index (χ0n) is 16.6. The summed E-state index contributed by atoms with van der Waals surface area (Å²) in [5.41, 5.74) is 2.64. The number of carbonyl (C=O) groups excluding carboxylic acids is 1. The molecule has 0 spiro atoms. The predicted molar refractivity (Wildman–Crippen MR) is 118 cm³/mol. The lowest BCUT2D eigenvalue weighted by molar-refractivity contribution is 0.0240. The molecule has 2 aromatic rings. The van der Waals surface area contributed by atoms with E-state index < -0.39 is 5.60 Å². The van der Waals surface area contributed by atoms with Crippen LogP contribution in [-0.4, -0.2) is 49.0 Å². The first-order chi connectivity index (χ1) is 13.3. The molecule has 28 heavy (non-hydrogen) atoms. The molecule has 1 fully saturated rings. The van der Waals surface area contributed by atoms with Crippen molar-refractivity contribution in [2.45, 2.75) is 26.4 Å². The van der Waals surface area contributed by atoms with Gasteiger partial charge in [0.15, 0.2) is 0 Å². The molecule has 0 unspecified atom stereocenters. The fourth-order valence-electron chi connectivity index (χ4n) is 3.01. The molecule has 0 radical (unpaired) electrons. The molecule has 0 N–H and O–H groups in total. The average Bonchev–Trinajstić information content (AvgIpc) is 2.67. The van der Waals surface area contributed by atoms with Crippen molar-refractivity contribution in [2.24, 2.45) is 4.99 Å². The van der Waals surface area contributed by atoms with Crippen LogP contribution < -0.4 is 4.90 Å². The molecule has 6 heteroatoms. The van der Waals surface area contributed by atoms with Crippen LogP contribution in [0.4, 0.5) is 16.2 Å². The van der Waals surface area contributed by atoms with Crippen LogP contribution in [0.5, 0.6) is 0 Å². The molecule has 0 atom stereocenters. The molecular formula is C22H26BrN3O2. The number of rotatable bonds is 3. The average molecular weight is 444 g/mol. The van der Waals surface area contributed by atoms with Gasteiger partial charge in [-0.25, -0.2) is 4.79 Å². The summed E-state index contributed by atoms with van der Waals surface area (Å²) in [7, 11) is 0. The van der Waals surface area contributed by atoms with Crippen LogP contribution in [0.2, 0.25) is 0 Å². The number of anilines is 1. The SMILES string of the molecule is CC(C)(C)OC(=O)N1CCN(c2ccccc2/C=N/c2ccc(Br)cc2)CC1. The highest BCUT2D eigenvalue weighted by molar-refractivity contribution is 9.10. The number of carbonyl (C=O) groups is 1. The predicted octanol–water partition coefficient (Wildman–Crippen LogP) is 5.26. The van der Waals surface area contributed by atoms with Crippen LogP contribution in [0.3, 0.4) is 0 Å². The Balaban J connectivity index is 1.67. The standard InChI is InChI=1S/C22H26BrN3O2/c1-22(2,3)28-21(27)26-14-12-25(13-15-26)20-7-5-4-6-17(20)16-24-19-10-8-18(23)9-11-19/h4-11,16H,12-15H2,1-3H3/b24-16+. The Hall–Kier alpha value is -2.34. The molecule has 2 aromatic carbocycles. The van der Waals surface area contributed by atoms with Gasteiger partial charge in [0, 0.05) is 48.1 Å². The highest BCUT2D eigenvalue weighted by Crippen LogP contribution is 2.23. The third-order valence-electron chi connectivity index (χ3n) is 4.39. The monoisotopic (exact) mass is 443 g/mol. The van der Waals surface area contributed by atoms with Crippen molar-refractivity contribution in [3.8, 4) is 0 Å². The lowest BCUT2D eigenvalue weighted by Crippen LogP contribution is -2.50. The van der Waals surface area contributed by atoms with Gasteiger partial charge in [-0.15, -0.1) is 0 Å². The van der Waals surface area contributed by atoms with Crippen molar-refractivity contribution in [3.05, 3.63) is 58.6 Å². The number of amides is 1. The molecule has 5 nitrogen and oxygen atoms in total. The van der Waals surface area contributed by atoms with E-state index in [1.165, 1.54) is 0 Å². The number of hydrogen-bond donors (Lipinski definition) is 0. The zero-order chi connectivity index (χ0) is 20.1. The van der Waals surface area contributed by atoms with E-state index in [4.69, 9.17) is 4.74 Å². The molecule has 1 amide bonds. The Morgan fingerprint density at radius 3 is 2.32 bits per heavy atom. The molecule has 1 heterocycles. The van der Waals surface area contributed by atoms with Gasteiger partial charge in [0.1, 0.15) is 5.60 Å². The maximum Gasteiger partial charge on any atom is 0.410 e. The van der Waals surface area contributed by atoms with Gasteiger partial charge in [0.05, 0.1) is 5.69 Å². The van der Waals surface area contributed by atoms with Crippen LogP contribution >= 0.6 is 15.9 Å². The van der Waals surface area contributed by atoms with E-state index in [-0.39, 0.29) is 6.09 Å². The van der Waals surface area contributed by atoms with Crippen molar-refractivity contribution >= 4 is 39.6 Å². The summed E-state index contributed by atoms with van der Waals surface area (Å²) in [5.74, 6) is 0. The number of nitrogens with zero attached hydrogens (tertiary/aromatic N) is 3. The zero-order valence-corrected chi connectivity index (χ0v) is 18.1. The Morgan fingerprint density at radius 2 is 1.68 bits per heavy atom. The van der Waals surface area contributed by atoms with E-state index in [2.05, 4.69) is 38.0 Å². The third-order valence-corrected chi connectivity index (χ3v) is 4.92. The Bertz CT molecular complexity index is 836. The summed E-state index contributed by atoms with van der Waals surface area (Å²) >= 11 is 3.44. The largest absolute Gasteiger partial charge is 0.444 e. The van der Waals surface area contributed by atoms with Crippen molar-refractivity contribution in [1.82, 2.24) is 4.90 Å². The van der Waals surface area contributed by atoms with Crippen LogP contribution in [0.1, 0.15) is 26.3 Å². The van der Waals surface area contributed by atoms with Gasteiger partial charge < -0.3 is 14.5 Å². The van der Waals surface area contributed by atoms with Gasteiger partial charge in [0.2, 0.25) is 0 Å². The van der Waals surface area contributed by atoms with Gasteiger partial charge in [-0.2, -0.15) is 0 Å². The molecule has 0 aromatic heterocycles. The Kier molecular flexibility index (Phi) is 6.39. The highest BCUT2D eigenvalue weighted by atomic mass is 79.9. The second kappa shape index (κ2) is 8.78. The normalized spacial score (nSPS) is 15.1. The number of halogens is 1. The molecule has 1 saturated heterocycles. The number of aliphatic imine (C=N–C) groups is 1. The first kappa shape index (κ1) is 20.4. The lowest BCUT2D eigenvalue weighted by Gasteiger charge is -2.37. The quantitative estimate of drug-likeness (QED) is 0.607. The molecule has 3 rings (SSSR count). The minimum atomic E-state index is -0.468. The maximum atomic E-state index is 12.3. The lowest BCUT2D eigenvalue weighted by atomic mass is 10.1. The number of piperazine rings is 1. The van der Waals surface area contributed by atoms with Crippen molar-refractivity contribution in [1.29, 1.82) is 0 Å². The first-order valence-corrected chi connectivity index (χ1v) is 10.2. The van der Waals surface area contributed by atoms with Crippen LogP contribution in [0, 0.1) is 0 Å². The fraction of sp³-hybridized carbons (Fsp3) is 0.364. The highest BCUT2D eigenvalue weighted by Gasteiger charge is 2.26. The summed E-state index contributed by atoms with van der Waals surface area (Å²) in [6.45, 7) is 8.50. The van der Waals surface area contributed by atoms with E-state index in [0.29, 0.717) is 13.1 Å². The van der Waals surface area contributed by atoms with Gasteiger partial charge in [-0.1, -0.05) is 34.1 Å². The molecule has 1 aliphatic heterocycles. The summed E-state index contributed by atoms with van der Waals surface area (Å²) in [6, 6.07) is 16.1. The Labute approximate surface area is 175 Å². The van der Waals surface area contributed by atoms with Crippen molar-refractivity contribution < 1.29 is 9.53 Å². The van der Waals surface area contributed by atoms with E-state index >= 15 is 0 Å². The van der Waals surface area contributed by atoms with Crippen LogP contribution in [-0.2, 0) is 4.74 Å². The number of ether oxygens (including phenoxy) is 1. The van der Waals surface area contributed by atoms with Crippen LogP contribution in [0.15, 0.2) is 58.0 Å². The fourth-order valence-corrected chi connectivity index (χ4v) is 3.28. The number of benzene rings is 2. The van der Waals surface area contributed by atoms with Crippen LogP contribution in [0.25, 0.3) is 0 Å². The molecular weight excluding hydrogens is 418 g/mol. The van der Waals surface area contributed by atoms with Crippen molar-refractivity contribution in [2.75, 3.05) is 31.1 Å². The summed E-state index contributed by atoms with van der Waals surface area (Å²) in [4.78, 5) is 20.9. The number of hydrogen-bond acceptors (Lipinski definition) is 4. The van der Waals surface area contributed by atoms with Gasteiger partial charge in [-0.05, 0) is 51.1 Å². The topological polar surface area (TPSA) is 45.1 Å². The van der Waals surface area contributed by atoms with Gasteiger partial charge in [-0.3, -0.25) is 4.99 Å². The van der Waals surface area contributed by atoms with E-state index in [9.17, 15) is 4.79 Å². The van der Waals surface area contributed by atoms with E-state index in [1.807, 2.05) is 63.4 Å². The van der Waals surface area contributed by atoms with E-state index in [1.54, 1.807) is 4.90 Å². The minimum absolute atomic E-state index is 0.239. The van der Waals surface area contributed by atoms with Gasteiger partial charge in [0.25, 0.3) is 0 Å². The van der Waals surface area contributed by atoms with E-state index in [0.717, 1.165) is 34.5 Å². The first-order valence-electron chi connectivity index (χ1n) is 9.43. The number of para-hydroxylation sites is 1. The summed E-state index contributed by atoms with van der Waals surface area (Å²) < 4.78 is 6.52.